The van der Waals surface area contributed by atoms with Crippen LogP contribution >= 0.6 is 0 Å². The fourth-order valence-corrected chi connectivity index (χ4v) is 2.09. The second-order valence-corrected chi connectivity index (χ2v) is 4.43. The van der Waals surface area contributed by atoms with E-state index in [0.29, 0.717) is 12.8 Å². The number of hydrogen-bond acceptors (Lipinski definition) is 2. The number of halogens is 2. The van der Waals surface area contributed by atoms with Gasteiger partial charge >= 0.3 is 0 Å². The molecular formula is C13H14F2N2O2. The molecule has 19 heavy (non-hydrogen) atoms. The number of rotatable bonds is 3. The van der Waals surface area contributed by atoms with Gasteiger partial charge in [-0.3, -0.25) is 14.5 Å². The zero-order valence-electron chi connectivity index (χ0n) is 10.5. The summed E-state index contributed by atoms with van der Waals surface area (Å²) in [7, 11) is 0. The first-order valence-corrected chi connectivity index (χ1v) is 6.08. The van der Waals surface area contributed by atoms with Crippen molar-refractivity contribution in [2.45, 2.75) is 25.8 Å². The number of carbonyl (C=O) groups is 2. The Kier molecular flexibility index (Phi) is 3.78. The van der Waals surface area contributed by atoms with Crippen LogP contribution in [0.25, 0.3) is 0 Å². The molecule has 0 saturated carbocycles. The minimum atomic E-state index is -0.723. The van der Waals surface area contributed by atoms with E-state index in [2.05, 4.69) is 5.32 Å². The van der Waals surface area contributed by atoms with Gasteiger partial charge in [0.2, 0.25) is 11.8 Å². The van der Waals surface area contributed by atoms with Gasteiger partial charge in [-0.2, -0.15) is 0 Å². The molecule has 6 heteroatoms. The highest BCUT2D eigenvalue weighted by molar-refractivity contribution is 6.06. The lowest BCUT2D eigenvalue weighted by Crippen LogP contribution is -2.58. The first-order chi connectivity index (χ1) is 9.02. The van der Waals surface area contributed by atoms with E-state index < -0.39 is 23.6 Å². The van der Waals surface area contributed by atoms with Crippen LogP contribution in [0.15, 0.2) is 18.2 Å². The van der Waals surface area contributed by atoms with Gasteiger partial charge in [-0.25, -0.2) is 8.78 Å². The molecule has 1 aromatic carbocycles. The summed E-state index contributed by atoms with van der Waals surface area (Å²) in [5.74, 6) is -2.16. The maximum absolute atomic E-state index is 13.7. The van der Waals surface area contributed by atoms with Crippen molar-refractivity contribution in [3.05, 3.63) is 29.8 Å². The van der Waals surface area contributed by atoms with Gasteiger partial charge in [0.1, 0.15) is 24.2 Å². The molecule has 1 unspecified atom stereocenters. The quantitative estimate of drug-likeness (QED) is 0.905. The standard InChI is InChI=1S/C13H14F2N2O2/c1-2-3-10-13(19)17(7-12(18)16-10)11-6-8(14)4-5-9(11)15/h4-6,10H,2-3,7H2,1H3,(H,16,18). The van der Waals surface area contributed by atoms with Crippen molar-refractivity contribution in [2.24, 2.45) is 0 Å². The number of nitrogens with zero attached hydrogens (tertiary/aromatic N) is 1. The first-order valence-electron chi connectivity index (χ1n) is 6.08. The predicted octanol–water partition coefficient (Wildman–Crippen LogP) is 1.60. The minimum absolute atomic E-state index is 0.194. The fourth-order valence-electron chi connectivity index (χ4n) is 2.09. The largest absolute Gasteiger partial charge is 0.343 e. The molecule has 1 saturated heterocycles. The zero-order chi connectivity index (χ0) is 14.0. The van der Waals surface area contributed by atoms with E-state index in [4.69, 9.17) is 0 Å². The molecule has 1 heterocycles. The van der Waals surface area contributed by atoms with Crippen LogP contribution in [0.4, 0.5) is 14.5 Å². The summed E-state index contributed by atoms with van der Waals surface area (Å²) in [4.78, 5) is 24.7. The fraction of sp³-hybridized carbons (Fsp3) is 0.385. The van der Waals surface area contributed by atoms with Crippen LogP contribution < -0.4 is 10.2 Å². The molecule has 1 aromatic rings. The smallest absolute Gasteiger partial charge is 0.250 e. The Bertz CT molecular complexity index is 519. The summed E-state index contributed by atoms with van der Waals surface area (Å²) in [6.07, 6.45) is 1.17. The molecule has 1 fully saturated rings. The SMILES string of the molecule is CCCC1NC(=O)CN(c2cc(F)ccc2F)C1=O. The topological polar surface area (TPSA) is 49.4 Å². The Labute approximate surface area is 109 Å². The van der Waals surface area contributed by atoms with E-state index in [9.17, 15) is 18.4 Å². The lowest BCUT2D eigenvalue weighted by atomic mass is 10.1. The molecular weight excluding hydrogens is 254 g/mol. The Morgan fingerprint density at radius 3 is 2.79 bits per heavy atom. The van der Waals surface area contributed by atoms with Gasteiger partial charge < -0.3 is 5.32 Å². The number of anilines is 1. The zero-order valence-corrected chi connectivity index (χ0v) is 10.5. The Morgan fingerprint density at radius 2 is 2.11 bits per heavy atom. The van der Waals surface area contributed by atoms with Crippen LogP contribution in [0.3, 0.4) is 0 Å². The van der Waals surface area contributed by atoms with Crippen LogP contribution in [0.1, 0.15) is 19.8 Å². The molecule has 1 N–H and O–H groups in total. The molecule has 0 aliphatic carbocycles. The molecule has 1 aliphatic heterocycles. The summed E-state index contributed by atoms with van der Waals surface area (Å²) in [5, 5.41) is 2.55. The van der Waals surface area contributed by atoms with E-state index in [-0.39, 0.29) is 18.1 Å². The average Bonchev–Trinajstić information content (AvgIpc) is 2.37. The molecule has 0 bridgehead atoms. The minimum Gasteiger partial charge on any atom is -0.343 e. The molecule has 4 nitrogen and oxygen atoms in total. The van der Waals surface area contributed by atoms with Crippen LogP contribution in [-0.4, -0.2) is 24.4 Å². The van der Waals surface area contributed by atoms with Crippen LogP contribution in [0.5, 0.6) is 0 Å². The molecule has 0 radical (unpaired) electrons. The van der Waals surface area contributed by atoms with Gasteiger partial charge in [-0.15, -0.1) is 0 Å². The number of piperazine rings is 1. The van der Waals surface area contributed by atoms with Crippen molar-refractivity contribution >= 4 is 17.5 Å². The van der Waals surface area contributed by atoms with Crippen molar-refractivity contribution in [1.29, 1.82) is 0 Å². The van der Waals surface area contributed by atoms with Gasteiger partial charge in [0.15, 0.2) is 0 Å². The molecule has 1 aliphatic rings. The van der Waals surface area contributed by atoms with Crippen LogP contribution in [-0.2, 0) is 9.59 Å². The maximum atomic E-state index is 13.7. The number of amides is 2. The maximum Gasteiger partial charge on any atom is 0.250 e. The summed E-state index contributed by atoms with van der Waals surface area (Å²) in [6, 6.07) is 2.17. The summed E-state index contributed by atoms with van der Waals surface area (Å²) >= 11 is 0. The third kappa shape index (κ3) is 2.72. The Hall–Kier alpha value is -1.98. The van der Waals surface area contributed by atoms with Crippen molar-refractivity contribution in [1.82, 2.24) is 5.32 Å². The third-order valence-electron chi connectivity index (χ3n) is 2.98. The van der Waals surface area contributed by atoms with E-state index in [1.54, 1.807) is 0 Å². The Morgan fingerprint density at radius 1 is 1.37 bits per heavy atom. The van der Waals surface area contributed by atoms with Crippen molar-refractivity contribution in [3.63, 3.8) is 0 Å². The lowest BCUT2D eigenvalue weighted by molar-refractivity contribution is -0.131. The lowest BCUT2D eigenvalue weighted by Gasteiger charge is -2.32. The van der Waals surface area contributed by atoms with Crippen molar-refractivity contribution in [3.8, 4) is 0 Å². The average molecular weight is 268 g/mol. The van der Waals surface area contributed by atoms with Crippen molar-refractivity contribution < 1.29 is 18.4 Å². The highest BCUT2D eigenvalue weighted by atomic mass is 19.1. The van der Waals surface area contributed by atoms with Gasteiger partial charge in [0, 0.05) is 6.07 Å². The van der Waals surface area contributed by atoms with Gasteiger partial charge in [-0.05, 0) is 18.6 Å². The van der Waals surface area contributed by atoms with Gasteiger partial charge in [-0.1, -0.05) is 13.3 Å². The van der Waals surface area contributed by atoms with E-state index >= 15 is 0 Å². The highest BCUT2D eigenvalue weighted by Gasteiger charge is 2.34. The molecule has 2 rings (SSSR count). The highest BCUT2D eigenvalue weighted by Crippen LogP contribution is 2.23. The number of hydrogen-bond donors (Lipinski definition) is 1. The number of benzene rings is 1. The number of nitrogens with one attached hydrogen (secondary N) is 1. The Balaban J connectivity index is 2.34. The van der Waals surface area contributed by atoms with E-state index in [0.717, 1.165) is 23.1 Å². The van der Waals surface area contributed by atoms with Crippen LogP contribution in [0, 0.1) is 11.6 Å². The van der Waals surface area contributed by atoms with Crippen LogP contribution in [0.2, 0.25) is 0 Å². The molecule has 1 atom stereocenters. The van der Waals surface area contributed by atoms with Crippen molar-refractivity contribution in [2.75, 3.05) is 11.4 Å². The summed E-state index contributed by atoms with van der Waals surface area (Å²) in [5.41, 5.74) is -0.194. The van der Waals surface area contributed by atoms with Gasteiger partial charge in [0.25, 0.3) is 0 Å². The van der Waals surface area contributed by atoms with Gasteiger partial charge in [0.05, 0.1) is 5.69 Å². The monoisotopic (exact) mass is 268 g/mol. The summed E-state index contributed by atoms with van der Waals surface area (Å²) < 4.78 is 26.8. The van der Waals surface area contributed by atoms with E-state index in [1.165, 1.54) is 0 Å². The molecule has 102 valence electrons. The first kappa shape index (κ1) is 13.5. The molecule has 0 spiro atoms. The molecule has 2 amide bonds. The summed E-state index contributed by atoms with van der Waals surface area (Å²) in [6.45, 7) is 1.58. The van der Waals surface area contributed by atoms with E-state index in [1.807, 2.05) is 6.92 Å². The normalized spacial score (nSPS) is 19.5. The molecule has 0 aromatic heterocycles. The number of carbonyl (C=O) groups excluding carboxylic acids is 2. The second kappa shape index (κ2) is 5.34. The predicted molar refractivity (Wildman–Crippen MR) is 65.5 cm³/mol. The second-order valence-electron chi connectivity index (χ2n) is 4.43. The third-order valence-corrected chi connectivity index (χ3v) is 2.98.